The number of piperidine rings is 1. The maximum atomic E-state index is 12.8. The number of amides is 1. The van der Waals surface area contributed by atoms with E-state index in [9.17, 15) is 14.4 Å². The van der Waals surface area contributed by atoms with E-state index in [1.54, 1.807) is 34.8 Å². The lowest BCUT2D eigenvalue weighted by Gasteiger charge is -2.32. The number of carbonyl (C=O) groups is 2. The molecule has 0 unspecified atom stereocenters. The van der Waals surface area contributed by atoms with E-state index >= 15 is 0 Å². The maximum Gasteiger partial charge on any atom is 0.327 e. The molecule has 4 heterocycles. The van der Waals surface area contributed by atoms with Gasteiger partial charge in [-0.1, -0.05) is 0 Å². The number of fused-ring (bicyclic) bond motifs is 2. The Hall–Kier alpha value is -3.47. The number of nitrogens with one attached hydrogen (secondary N) is 3. The molecule has 1 fully saturated rings. The van der Waals surface area contributed by atoms with Gasteiger partial charge in [0.1, 0.15) is 5.52 Å². The molecule has 1 aliphatic rings. The number of Topliss-reactive ketones (excluding diaryl/α,β-unsaturated/α-hetero) is 1. The van der Waals surface area contributed by atoms with Gasteiger partial charge in [0, 0.05) is 55.3 Å². The van der Waals surface area contributed by atoms with Crippen molar-refractivity contribution in [3.05, 3.63) is 51.0 Å². The van der Waals surface area contributed by atoms with Crippen LogP contribution in [0.2, 0.25) is 0 Å². The summed E-state index contributed by atoms with van der Waals surface area (Å²) in [5.41, 5.74) is 3.20. The van der Waals surface area contributed by atoms with Crippen molar-refractivity contribution in [1.82, 2.24) is 29.4 Å². The Balaban J connectivity index is 1.20. The number of likely N-dealkylation sites (tertiary alicyclic amines) is 1. The summed E-state index contributed by atoms with van der Waals surface area (Å²) < 4.78 is 2.47. The molecule has 0 bridgehead atoms. The maximum absolute atomic E-state index is 12.8. The summed E-state index contributed by atoms with van der Waals surface area (Å²) in [6.45, 7) is 1.10. The number of benzene rings is 1. The molecule has 0 atom stereocenters. The van der Waals surface area contributed by atoms with E-state index < -0.39 is 0 Å². The Morgan fingerprint density at radius 2 is 2.00 bits per heavy atom. The molecule has 34 heavy (non-hydrogen) atoms. The minimum atomic E-state index is -0.175. The summed E-state index contributed by atoms with van der Waals surface area (Å²) in [5, 5.41) is 2.95. The molecule has 0 spiro atoms. The Kier molecular flexibility index (Phi) is 5.94. The number of imidazole rings is 2. The number of H-pyrrole nitrogens is 2. The Morgan fingerprint density at radius 1 is 1.21 bits per heavy atom. The van der Waals surface area contributed by atoms with Crippen LogP contribution in [-0.2, 0) is 4.79 Å². The molecule has 3 N–H and O–H groups in total. The first-order chi connectivity index (χ1) is 16.4. The van der Waals surface area contributed by atoms with E-state index in [2.05, 4.69) is 41.2 Å². The van der Waals surface area contributed by atoms with Crippen LogP contribution in [0, 0.1) is 0 Å². The predicted molar refractivity (Wildman–Crippen MR) is 132 cm³/mol. The van der Waals surface area contributed by atoms with Crippen LogP contribution < -0.4 is 11.0 Å². The number of hydrogen-bond acceptors (Lipinski definition) is 6. The van der Waals surface area contributed by atoms with Gasteiger partial charge >= 0.3 is 5.69 Å². The average Bonchev–Trinajstić information content (AvgIpc) is 3.42. The van der Waals surface area contributed by atoms with Gasteiger partial charge < -0.3 is 15.2 Å². The zero-order chi connectivity index (χ0) is 23.8. The van der Waals surface area contributed by atoms with Gasteiger partial charge in [0.05, 0.1) is 11.0 Å². The number of aromatic amines is 2. The number of anilines is 1. The summed E-state index contributed by atoms with van der Waals surface area (Å²) in [4.78, 5) is 54.3. The van der Waals surface area contributed by atoms with Crippen LogP contribution in [0.15, 0.2) is 39.7 Å². The molecular formula is C23H24BrN7O3. The number of hydrogen-bond donors (Lipinski definition) is 3. The fourth-order valence-electron chi connectivity index (χ4n) is 4.57. The van der Waals surface area contributed by atoms with Gasteiger partial charge in [-0.2, -0.15) is 0 Å². The SMILES string of the molecule is CNc1nc2c(Br)cc(C(=O)CCC(=O)N3CCC(n4c(=O)[nH]c5ncccc54)CC3)cc2[nH]1. The van der Waals surface area contributed by atoms with Gasteiger partial charge in [-0.05, 0) is 53.0 Å². The molecule has 0 saturated carbocycles. The molecule has 5 rings (SSSR count). The van der Waals surface area contributed by atoms with Crippen LogP contribution in [0.1, 0.15) is 42.1 Å². The number of halogens is 1. The summed E-state index contributed by atoms with van der Waals surface area (Å²) in [6.07, 6.45) is 3.30. The molecule has 1 saturated heterocycles. The summed E-state index contributed by atoms with van der Waals surface area (Å²) in [6, 6.07) is 7.21. The first-order valence-corrected chi connectivity index (χ1v) is 12.0. The molecule has 0 radical (unpaired) electrons. The molecule has 10 nitrogen and oxygen atoms in total. The summed E-state index contributed by atoms with van der Waals surface area (Å²) in [5.74, 6) is 0.480. The monoisotopic (exact) mass is 525 g/mol. The van der Waals surface area contributed by atoms with Crippen LogP contribution in [0.25, 0.3) is 22.2 Å². The third-order valence-electron chi connectivity index (χ3n) is 6.34. The van der Waals surface area contributed by atoms with Crippen molar-refractivity contribution in [2.75, 3.05) is 25.5 Å². The first-order valence-electron chi connectivity index (χ1n) is 11.2. The van der Waals surface area contributed by atoms with Crippen LogP contribution >= 0.6 is 15.9 Å². The van der Waals surface area contributed by atoms with Gasteiger partial charge in [-0.15, -0.1) is 0 Å². The second-order valence-electron chi connectivity index (χ2n) is 8.40. The van der Waals surface area contributed by atoms with Crippen molar-refractivity contribution in [2.24, 2.45) is 0 Å². The van der Waals surface area contributed by atoms with E-state index in [4.69, 9.17) is 0 Å². The molecule has 4 aromatic rings. The van der Waals surface area contributed by atoms with E-state index in [-0.39, 0.29) is 36.3 Å². The normalized spacial score (nSPS) is 14.7. The number of aromatic nitrogens is 5. The van der Waals surface area contributed by atoms with Crippen LogP contribution in [0.5, 0.6) is 0 Å². The average molecular weight is 526 g/mol. The van der Waals surface area contributed by atoms with Gasteiger partial charge in [0.25, 0.3) is 0 Å². The van der Waals surface area contributed by atoms with Gasteiger partial charge in [-0.25, -0.2) is 14.8 Å². The number of carbonyl (C=O) groups excluding carboxylic acids is 2. The highest BCUT2D eigenvalue weighted by molar-refractivity contribution is 9.10. The topological polar surface area (TPSA) is 129 Å². The fourth-order valence-corrected chi connectivity index (χ4v) is 5.12. The molecule has 1 aliphatic heterocycles. The zero-order valence-electron chi connectivity index (χ0n) is 18.6. The lowest BCUT2D eigenvalue weighted by molar-refractivity contribution is -0.132. The highest BCUT2D eigenvalue weighted by Gasteiger charge is 2.26. The van der Waals surface area contributed by atoms with Crippen LogP contribution in [0.4, 0.5) is 5.95 Å². The number of rotatable bonds is 6. The fraction of sp³-hybridized carbons (Fsp3) is 0.348. The predicted octanol–water partition coefficient (Wildman–Crippen LogP) is 3.23. The minimum absolute atomic E-state index is 0.0112. The highest BCUT2D eigenvalue weighted by Crippen LogP contribution is 2.27. The smallest absolute Gasteiger partial charge is 0.327 e. The number of ketones is 1. The summed E-state index contributed by atoms with van der Waals surface area (Å²) in [7, 11) is 1.77. The number of pyridine rings is 1. The quantitative estimate of drug-likeness (QED) is 0.331. The zero-order valence-corrected chi connectivity index (χ0v) is 20.2. The van der Waals surface area contributed by atoms with E-state index in [0.29, 0.717) is 43.1 Å². The largest absolute Gasteiger partial charge is 0.359 e. The summed E-state index contributed by atoms with van der Waals surface area (Å²) >= 11 is 3.48. The minimum Gasteiger partial charge on any atom is -0.359 e. The van der Waals surface area contributed by atoms with Crippen molar-refractivity contribution >= 4 is 55.8 Å². The second-order valence-corrected chi connectivity index (χ2v) is 9.25. The van der Waals surface area contributed by atoms with Crippen molar-refractivity contribution in [3.8, 4) is 0 Å². The van der Waals surface area contributed by atoms with E-state index in [1.165, 1.54) is 0 Å². The Labute approximate surface area is 202 Å². The molecule has 3 aromatic heterocycles. The van der Waals surface area contributed by atoms with Crippen molar-refractivity contribution in [2.45, 2.75) is 31.7 Å². The third-order valence-corrected chi connectivity index (χ3v) is 6.94. The molecule has 11 heteroatoms. The highest BCUT2D eigenvalue weighted by atomic mass is 79.9. The third kappa shape index (κ3) is 4.11. The molecule has 0 aliphatic carbocycles. The first kappa shape index (κ1) is 22.3. The number of nitrogens with zero attached hydrogens (tertiary/aromatic N) is 4. The molecule has 176 valence electrons. The molecular weight excluding hydrogens is 502 g/mol. The lowest BCUT2D eigenvalue weighted by atomic mass is 10.0. The van der Waals surface area contributed by atoms with Crippen LogP contribution in [0.3, 0.4) is 0 Å². The van der Waals surface area contributed by atoms with Crippen molar-refractivity contribution in [3.63, 3.8) is 0 Å². The van der Waals surface area contributed by atoms with Gasteiger partial charge in [0.2, 0.25) is 11.9 Å². The lowest BCUT2D eigenvalue weighted by Crippen LogP contribution is -2.40. The Bertz CT molecular complexity index is 1450. The van der Waals surface area contributed by atoms with Crippen molar-refractivity contribution < 1.29 is 9.59 Å². The van der Waals surface area contributed by atoms with Gasteiger partial charge in [-0.3, -0.25) is 19.1 Å². The van der Waals surface area contributed by atoms with Crippen LogP contribution in [-0.4, -0.2) is 61.2 Å². The standard InChI is InChI=1S/C23H24BrN7O3/c1-25-22-27-16-12-13(11-15(24)20(16)28-22)18(32)4-5-19(33)30-9-6-14(7-10-30)31-17-3-2-8-26-21(17)29-23(31)34/h2-3,8,11-12,14H,4-7,9-10H2,1H3,(H2,25,27,28)(H,26,29,34). The molecule has 1 aromatic carbocycles. The van der Waals surface area contributed by atoms with Crippen molar-refractivity contribution in [1.29, 1.82) is 0 Å². The van der Waals surface area contributed by atoms with Gasteiger partial charge in [0.15, 0.2) is 11.4 Å². The van der Waals surface area contributed by atoms with E-state index in [1.807, 2.05) is 12.1 Å². The Morgan fingerprint density at radius 3 is 2.76 bits per heavy atom. The molecule has 1 amide bonds. The second kappa shape index (κ2) is 9.05. The van der Waals surface area contributed by atoms with E-state index in [0.717, 1.165) is 21.0 Å².